The molecule has 1 N–H and O–H groups in total. The topological polar surface area (TPSA) is 64.6 Å². The van der Waals surface area contributed by atoms with E-state index in [0.29, 0.717) is 6.61 Å². The molecule has 0 saturated heterocycles. The molecule has 0 saturated carbocycles. The number of hydrogen-bond acceptors (Lipinski definition) is 4. The van der Waals surface area contributed by atoms with Gasteiger partial charge in [-0.05, 0) is 28.7 Å². The second kappa shape index (κ2) is 8.52. The van der Waals surface area contributed by atoms with E-state index in [9.17, 15) is 9.59 Å². The first-order chi connectivity index (χ1) is 12.7. The Morgan fingerprint density at radius 3 is 2.19 bits per heavy atom. The first kappa shape index (κ1) is 18.0. The maximum atomic E-state index is 11.9. The van der Waals surface area contributed by atoms with E-state index in [0.717, 1.165) is 24.0 Å². The Bertz CT molecular complexity index is 742. The van der Waals surface area contributed by atoms with Gasteiger partial charge in [0.1, 0.15) is 13.2 Å². The van der Waals surface area contributed by atoms with Gasteiger partial charge in [-0.1, -0.05) is 61.9 Å². The molecule has 0 atom stereocenters. The molecule has 0 aliphatic heterocycles. The number of rotatable bonds is 7. The molecule has 136 valence electrons. The summed E-state index contributed by atoms with van der Waals surface area (Å²) < 4.78 is 10.4. The Hall–Kier alpha value is -2.82. The number of nitrogens with one attached hydrogen (secondary N) is 1. The lowest BCUT2D eigenvalue weighted by Gasteiger charge is -2.14. The normalized spacial score (nSPS) is 12.2. The Kier molecular flexibility index (Phi) is 5.89. The summed E-state index contributed by atoms with van der Waals surface area (Å²) in [6.45, 7) is 2.44. The largest absolute Gasteiger partial charge is 0.464 e. The SMILES string of the molecule is CCCCOC(=O)CNC(=O)OCC1c2ccccc2-c2ccccc21. The van der Waals surface area contributed by atoms with Gasteiger partial charge in [-0.3, -0.25) is 4.79 Å². The number of amides is 1. The molecule has 0 heterocycles. The number of carbonyl (C=O) groups excluding carboxylic acids is 2. The van der Waals surface area contributed by atoms with Crippen molar-refractivity contribution in [2.75, 3.05) is 19.8 Å². The Labute approximate surface area is 153 Å². The van der Waals surface area contributed by atoms with Crippen LogP contribution in [0.25, 0.3) is 11.1 Å². The highest BCUT2D eigenvalue weighted by atomic mass is 16.6. The first-order valence-corrected chi connectivity index (χ1v) is 8.95. The van der Waals surface area contributed by atoms with Crippen molar-refractivity contribution >= 4 is 12.1 Å². The molecule has 0 unspecified atom stereocenters. The number of hydrogen-bond donors (Lipinski definition) is 1. The van der Waals surface area contributed by atoms with E-state index in [1.54, 1.807) is 0 Å². The van der Waals surface area contributed by atoms with Crippen LogP contribution in [0.1, 0.15) is 36.8 Å². The molecule has 3 rings (SSSR count). The summed E-state index contributed by atoms with van der Waals surface area (Å²) in [6, 6.07) is 16.3. The summed E-state index contributed by atoms with van der Waals surface area (Å²) in [7, 11) is 0. The van der Waals surface area contributed by atoms with Gasteiger partial charge < -0.3 is 14.8 Å². The fourth-order valence-corrected chi connectivity index (χ4v) is 3.18. The van der Waals surface area contributed by atoms with E-state index in [1.165, 1.54) is 11.1 Å². The average molecular weight is 353 g/mol. The number of esters is 1. The smallest absolute Gasteiger partial charge is 0.407 e. The number of unbranched alkanes of at least 4 members (excludes halogenated alkanes) is 1. The summed E-state index contributed by atoms with van der Waals surface area (Å²) in [4.78, 5) is 23.4. The molecule has 2 aromatic rings. The molecule has 0 radical (unpaired) electrons. The van der Waals surface area contributed by atoms with Gasteiger partial charge in [0.15, 0.2) is 0 Å². The number of alkyl carbamates (subject to hydrolysis) is 1. The molecule has 26 heavy (non-hydrogen) atoms. The molecular weight excluding hydrogens is 330 g/mol. The van der Waals surface area contributed by atoms with Crippen molar-refractivity contribution in [1.82, 2.24) is 5.32 Å². The van der Waals surface area contributed by atoms with Crippen LogP contribution in [0.15, 0.2) is 48.5 Å². The van der Waals surface area contributed by atoms with Gasteiger partial charge in [-0.2, -0.15) is 0 Å². The fourth-order valence-electron chi connectivity index (χ4n) is 3.18. The molecule has 5 nitrogen and oxygen atoms in total. The van der Waals surface area contributed by atoms with Crippen molar-refractivity contribution in [3.05, 3.63) is 59.7 Å². The lowest BCUT2D eigenvalue weighted by atomic mass is 9.98. The molecule has 5 heteroatoms. The second-order valence-corrected chi connectivity index (χ2v) is 6.25. The number of carbonyl (C=O) groups is 2. The highest BCUT2D eigenvalue weighted by Crippen LogP contribution is 2.44. The first-order valence-electron chi connectivity index (χ1n) is 8.95. The van der Waals surface area contributed by atoms with Crippen molar-refractivity contribution < 1.29 is 19.1 Å². The number of ether oxygens (including phenoxy) is 2. The third-order valence-corrected chi connectivity index (χ3v) is 4.48. The molecule has 0 aromatic heterocycles. The summed E-state index contributed by atoms with van der Waals surface area (Å²) in [5.74, 6) is -0.448. The van der Waals surface area contributed by atoms with Crippen LogP contribution in [0.4, 0.5) is 4.79 Å². The van der Waals surface area contributed by atoms with Gasteiger partial charge in [0.2, 0.25) is 0 Å². The lowest BCUT2D eigenvalue weighted by molar-refractivity contribution is -0.142. The van der Waals surface area contributed by atoms with Crippen molar-refractivity contribution in [2.24, 2.45) is 0 Å². The molecule has 2 aromatic carbocycles. The predicted octanol–water partition coefficient (Wildman–Crippen LogP) is 3.87. The third-order valence-electron chi connectivity index (χ3n) is 4.48. The molecule has 0 bridgehead atoms. The van der Waals surface area contributed by atoms with Crippen LogP contribution in [0.2, 0.25) is 0 Å². The Balaban J connectivity index is 1.55. The van der Waals surface area contributed by atoms with Gasteiger partial charge in [0.25, 0.3) is 0 Å². The molecular formula is C21H23NO4. The minimum Gasteiger partial charge on any atom is -0.464 e. The second-order valence-electron chi connectivity index (χ2n) is 6.25. The molecule has 0 spiro atoms. The van der Waals surface area contributed by atoms with Crippen LogP contribution in [-0.4, -0.2) is 31.8 Å². The van der Waals surface area contributed by atoms with E-state index in [-0.39, 0.29) is 19.1 Å². The Morgan fingerprint density at radius 2 is 1.58 bits per heavy atom. The minimum atomic E-state index is -0.612. The molecule has 1 aliphatic rings. The van der Waals surface area contributed by atoms with Gasteiger partial charge >= 0.3 is 12.1 Å². The molecule has 1 amide bonds. The monoisotopic (exact) mass is 353 g/mol. The van der Waals surface area contributed by atoms with E-state index in [2.05, 4.69) is 29.6 Å². The molecule has 0 fully saturated rings. The number of benzene rings is 2. The average Bonchev–Trinajstić information content (AvgIpc) is 2.99. The van der Waals surface area contributed by atoms with Crippen LogP contribution in [0, 0.1) is 0 Å². The fraction of sp³-hybridized carbons (Fsp3) is 0.333. The van der Waals surface area contributed by atoms with Gasteiger partial charge in [0.05, 0.1) is 6.61 Å². The van der Waals surface area contributed by atoms with Crippen LogP contribution >= 0.6 is 0 Å². The summed E-state index contributed by atoms with van der Waals surface area (Å²) >= 11 is 0. The standard InChI is InChI=1S/C21H23NO4/c1-2-3-12-25-20(23)13-22-21(24)26-14-19-17-10-6-4-8-15(17)16-9-5-7-11-18(16)19/h4-11,19H,2-3,12-14H2,1H3,(H,22,24). The zero-order valence-electron chi connectivity index (χ0n) is 14.9. The van der Waals surface area contributed by atoms with Crippen LogP contribution in [0.5, 0.6) is 0 Å². The summed E-state index contributed by atoms with van der Waals surface area (Å²) in [6.07, 6.45) is 1.16. The van der Waals surface area contributed by atoms with Crippen molar-refractivity contribution in [3.8, 4) is 11.1 Å². The van der Waals surface area contributed by atoms with Crippen LogP contribution < -0.4 is 5.32 Å². The van der Waals surface area contributed by atoms with E-state index < -0.39 is 12.1 Å². The zero-order chi connectivity index (χ0) is 18.4. The van der Waals surface area contributed by atoms with E-state index in [4.69, 9.17) is 9.47 Å². The van der Waals surface area contributed by atoms with Crippen molar-refractivity contribution in [1.29, 1.82) is 0 Å². The quantitative estimate of drug-likeness (QED) is 0.606. The van der Waals surface area contributed by atoms with E-state index in [1.807, 2.05) is 31.2 Å². The van der Waals surface area contributed by atoms with Gasteiger partial charge in [0, 0.05) is 5.92 Å². The highest BCUT2D eigenvalue weighted by molar-refractivity contribution is 5.80. The third kappa shape index (κ3) is 4.04. The van der Waals surface area contributed by atoms with E-state index >= 15 is 0 Å². The van der Waals surface area contributed by atoms with Crippen LogP contribution in [0.3, 0.4) is 0 Å². The zero-order valence-corrected chi connectivity index (χ0v) is 14.9. The van der Waals surface area contributed by atoms with Gasteiger partial charge in [-0.25, -0.2) is 4.79 Å². The lowest BCUT2D eigenvalue weighted by Crippen LogP contribution is -2.32. The Morgan fingerprint density at radius 1 is 0.962 bits per heavy atom. The maximum Gasteiger partial charge on any atom is 0.407 e. The predicted molar refractivity (Wildman–Crippen MR) is 98.9 cm³/mol. The molecule has 1 aliphatic carbocycles. The summed E-state index contributed by atoms with van der Waals surface area (Å²) in [5.41, 5.74) is 4.66. The van der Waals surface area contributed by atoms with Crippen LogP contribution in [-0.2, 0) is 14.3 Å². The minimum absolute atomic E-state index is 0.00431. The van der Waals surface area contributed by atoms with Crippen molar-refractivity contribution in [3.63, 3.8) is 0 Å². The van der Waals surface area contributed by atoms with Gasteiger partial charge in [-0.15, -0.1) is 0 Å². The number of fused-ring (bicyclic) bond motifs is 3. The maximum absolute atomic E-state index is 11.9. The van der Waals surface area contributed by atoms with Crippen molar-refractivity contribution in [2.45, 2.75) is 25.7 Å². The summed E-state index contributed by atoms with van der Waals surface area (Å²) in [5, 5.41) is 2.45. The highest BCUT2D eigenvalue weighted by Gasteiger charge is 2.28.